The van der Waals surface area contributed by atoms with Gasteiger partial charge in [0.15, 0.2) is 0 Å². The van der Waals surface area contributed by atoms with Gasteiger partial charge in [-0.3, -0.25) is 0 Å². The molecule has 1 saturated heterocycles. The lowest BCUT2D eigenvalue weighted by Crippen LogP contribution is -2.21. The van der Waals surface area contributed by atoms with E-state index in [-0.39, 0.29) is 0 Å². The quantitative estimate of drug-likeness (QED) is 0.569. The Balaban J connectivity index is 2.27. The fourth-order valence-corrected chi connectivity index (χ4v) is 1.94. The van der Waals surface area contributed by atoms with E-state index in [9.17, 15) is 0 Å². The van der Waals surface area contributed by atoms with Gasteiger partial charge in [-0.2, -0.15) is 0 Å². The van der Waals surface area contributed by atoms with Gasteiger partial charge < -0.3 is 4.90 Å². The smallest absolute Gasteiger partial charge is 0.00671 e. The van der Waals surface area contributed by atoms with Gasteiger partial charge in [-0.1, -0.05) is 13.3 Å². The molecule has 1 heterocycles. The van der Waals surface area contributed by atoms with Gasteiger partial charge in [0.2, 0.25) is 0 Å². The summed E-state index contributed by atoms with van der Waals surface area (Å²) in [5.74, 6) is 0.991. The maximum Gasteiger partial charge on any atom is 0.00671 e. The van der Waals surface area contributed by atoms with E-state index in [0.717, 1.165) is 12.0 Å². The van der Waals surface area contributed by atoms with Crippen LogP contribution < -0.4 is 0 Å². The highest BCUT2D eigenvalue weighted by Crippen LogP contribution is 2.24. The van der Waals surface area contributed by atoms with E-state index in [2.05, 4.69) is 25.8 Å². The Labute approximate surface area is 64.4 Å². The van der Waals surface area contributed by atoms with Gasteiger partial charge in [0.05, 0.1) is 0 Å². The minimum atomic E-state index is 0.830. The van der Waals surface area contributed by atoms with Crippen LogP contribution in [-0.4, -0.2) is 24.5 Å². The average molecular weight is 141 g/mol. The molecule has 0 aromatic heterocycles. The molecule has 1 aliphatic rings. The van der Waals surface area contributed by atoms with E-state index in [0.29, 0.717) is 0 Å². The molecular formula is C9H19N. The van der Waals surface area contributed by atoms with Crippen LogP contribution in [0.4, 0.5) is 0 Å². The lowest BCUT2D eigenvalue weighted by molar-refractivity contribution is 0.324. The second-order valence-corrected chi connectivity index (χ2v) is 3.68. The molecule has 1 fully saturated rings. The fourth-order valence-electron chi connectivity index (χ4n) is 1.94. The molecule has 1 nitrogen and oxygen atoms in total. The van der Waals surface area contributed by atoms with Gasteiger partial charge in [0.1, 0.15) is 0 Å². The fraction of sp³-hybridized carbons (Fsp3) is 1.00. The largest absolute Gasteiger partial charge is 0.303 e. The minimum Gasteiger partial charge on any atom is -0.303 e. The van der Waals surface area contributed by atoms with E-state index in [4.69, 9.17) is 0 Å². The molecule has 10 heavy (non-hydrogen) atoms. The highest BCUT2D eigenvalue weighted by atomic mass is 15.1. The van der Waals surface area contributed by atoms with Crippen molar-refractivity contribution in [3.63, 3.8) is 0 Å². The Morgan fingerprint density at radius 3 is 2.60 bits per heavy atom. The second kappa shape index (κ2) is 3.38. The van der Waals surface area contributed by atoms with Gasteiger partial charge in [0, 0.05) is 12.6 Å². The first-order valence-electron chi connectivity index (χ1n) is 4.44. The van der Waals surface area contributed by atoms with Crippen LogP contribution in [0, 0.1) is 5.92 Å². The molecule has 0 bridgehead atoms. The Hall–Kier alpha value is -0.0400. The SMILES string of the molecule is CCC[C@@H]1C[C@@H](C)N(C)C1. The maximum absolute atomic E-state index is 2.47. The number of nitrogens with zero attached hydrogens (tertiary/aromatic N) is 1. The molecule has 0 aromatic carbocycles. The highest BCUT2D eigenvalue weighted by Gasteiger charge is 2.24. The Bertz CT molecular complexity index is 90.9. The predicted octanol–water partition coefficient (Wildman–Crippen LogP) is 2.13. The summed E-state index contributed by atoms with van der Waals surface area (Å²) >= 11 is 0. The second-order valence-electron chi connectivity index (χ2n) is 3.68. The third-order valence-corrected chi connectivity index (χ3v) is 2.67. The van der Waals surface area contributed by atoms with Gasteiger partial charge >= 0.3 is 0 Å². The molecule has 0 aromatic rings. The third-order valence-electron chi connectivity index (χ3n) is 2.67. The molecule has 2 atom stereocenters. The monoisotopic (exact) mass is 141 g/mol. The molecule has 0 saturated carbocycles. The Kier molecular flexibility index (Phi) is 2.72. The van der Waals surface area contributed by atoms with Gasteiger partial charge in [-0.25, -0.2) is 0 Å². The van der Waals surface area contributed by atoms with Crippen molar-refractivity contribution in [2.75, 3.05) is 13.6 Å². The van der Waals surface area contributed by atoms with Gasteiger partial charge in [-0.05, 0) is 32.7 Å². The molecule has 0 radical (unpaired) electrons. The van der Waals surface area contributed by atoms with E-state index in [1.54, 1.807) is 0 Å². The topological polar surface area (TPSA) is 3.24 Å². The van der Waals surface area contributed by atoms with Crippen LogP contribution in [0.5, 0.6) is 0 Å². The van der Waals surface area contributed by atoms with E-state index in [1.807, 2.05) is 0 Å². The van der Waals surface area contributed by atoms with Crippen molar-refractivity contribution < 1.29 is 0 Å². The molecule has 0 spiro atoms. The summed E-state index contributed by atoms with van der Waals surface area (Å²) in [7, 11) is 2.24. The van der Waals surface area contributed by atoms with Gasteiger partial charge in [0.25, 0.3) is 0 Å². The van der Waals surface area contributed by atoms with E-state index < -0.39 is 0 Å². The lowest BCUT2D eigenvalue weighted by Gasteiger charge is -2.12. The number of hydrogen-bond acceptors (Lipinski definition) is 1. The molecule has 0 amide bonds. The molecule has 0 N–H and O–H groups in total. The van der Waals surface area contributed by atoms with E-state index in [1.165, 1.54) is 25.8 Å². The van der Waals surface area contributed by atoms with Crippen molar-refractivity contribution >= 4 is 0 Å². The first kappa shape index (κ1) is 8.06. The Morgan fingerprint density at radius 1 is 1.50 bits per heavy atom. The summed E-state index contributed by atoms with van der Waals surface area (Å²) in [6.07, 6.45) is 4.20. The standard InChI is InChI=1S/C9H19N/c1-4-5-9-6-8(2)10(3)7-9/h8-9H,4-7H2,1-3H3/t8-,9-/m1/s1. The van der Waals surface area contributed by atoms with Crippen molar-refractivity contribution in [1.82, 2.24) is 4.90 Å². The minimum absolute atomic E-state index is 0.830. The van der Waals surface area contributed by atoms with Crippen molar-refractivity contribution in [2.24, 2.45) is 5.92 Å². The van der Waals surface area contributed by atoms with Crippen LogP contribution in [0.25, 0.3) is 0 Å². The first-order valence-corrected chi connectivity index (χ1v) is 4.44. The molecular weight excluding hydrogens is 122 g/mol. The van der Waals surface area contributed by atoms with Crippen LogP contribution in [0.2, 0.25) is 0 Å². The normalized spacial score (nSPS) is 35.1. The zero-order valence-corrected chi connectivity index (χ0v) is 7.43. The molecule has 1 heteroatoms. The molecule has 60 valence electrons. The van der Waals surface area contributed by atoms with Crippen molar-refractivity contribution in [3.05, 3.63) is 0 Å². The summed E-state index contributed by atoms with van der Waals surface area (Å²) < 4.78 is 0. The molecule has 0 aliphatic carbocycles. The lowest BCUT2D eigenvalue weighted by atomic mass is 10.0. The summed E-state index contributed by atoms with van der Waals surface area (Å²) in [4.78, 5) is 2.47. The van der Waals surface area contributed by atoms with Crippen LogP contribution in [0.15, 0.2) is 0 Å². The van der Waals surface area contributed by atoms with Crippen molar-refractivity contribution in [3.8, 4) is 0 Å². The van der Waals surface area contributed by atoms with Crippen LogP contribution in [0.3, 0.4) is 0 Å². The molecule has 1 aliphatic heterocycles. The number of hydrogen-bond donors (Lipinski definition) is 0. The summed E-state index contributed by atoms with van der Waals surface area (Å²) in [5, 5.41) is 0. The summed E-state index contributed by atoms with van der Waals surface area (Å²) in [6.45, 7) is 5.94. The highest BCUT2D eigenvalue weighted by molar-refractivity contribution is 4.79. The Morgan fingerprint density at radius 2 is 2.20 bits per heavy atom. The third kappa shape index (κ3) is 1.72. The predicted molar refractivity (Wildman–Crippen MR) is 45.1 cm³/mol. The number of likely N-dealkylation sites (tertiary alicyclic amines) is 1. The summed E-state index contributed by atoms with van der Waals surface area (Å²) in [5.41, 5.74) is 0. The zero-order chi connectivity index (χ0) is 7.56. The maximum atomic E-state index is 2.47. The molecule has 1 rings (SSSR count). The first-order chi connectivity index (χ1) is 4.74. The number of rotatable bonds is 2. The van der Waals surface area contributed by atoms with Crippen LogP contribution in [0.1, 0.15) is 33.1 Å². The van der Waals surface area contributed by atoms with E-state index >= 15 is 0 Å². The summed E-state index contributed by atoms with van der Waals surface area (Å²) in [6, 6.07) is 0.830. The van der Waals surface area contributed by atoms with Crippen LogP contribution >= 0.6 is 0 Å². The van der Waals surface area contributed by atoms with Gasteiger partial charge in [-0.15, -0.1) is 0 Å². The van der Waals surface area contributed by atoms with Crippen molar-refractivity contribution in [1.29, 1.82) is 0 Å². The van der Waals surface area contributed by atoms with Crippen LogP contribution in [-0.2, 0) is 0 Å². The molecule has 0 unspecified atom stereocenters. The zero-order valence-electron chi connectivity index (χ0n) is 7.43. The van der Waals surface area contributed by atoms with Crippen molar-refractivity contribution in [2.45, 2.75) is 39.2 Å². The average Bonchev–Trinajstić information content (AvgIpc) is 2.14.